The van der Waals surface area contributed by atoms with Crippen LogP contribution in [0.3, 0.4) is 0 Å². The van der Waals surface area contributed by atoms with Gasteiger partial charge in [-0.25, -0.2) is 4.79 Å². The van der Waals surface area contributed by atoms with Gasteiger partial charge in [-0.3, -0.25) is 4.79 Å². The molecular weight excluding hydrogens is 339 g/mol. The lowest BCUT2D eigenvalue weighted by molar-refractivity contribution is 0.0954. The maximum absolute atomic E-state index is 12.1. The summed E-state index contributed by atoms with van der Waals surface area (Å²) < 4.78 is 0. The van der Waals surface area contributed by atoms with E-state index in [1.54, 1.807) is 25.2 Å². The van der Waals surface area contributed by atoms with Crippen LogP contribution in [0.5, 0.6) is 0 Å². The second-order valence-corrected chi connectivity index (χ2v) is 6.29. The maximum atomic E-state index is 12.1. The molecule has 130 valence electrons. The van der Waals surface area contributed by atoms with E-state index in [0.717, 1.165) is 0 Å². The molecule has 6 nitrogen and oxygen atoms in total. The number of rotatable bonds is 5. The monoisotopic (exact) mass is 362 g/mol. The van der Waals surface area contributed by atoms with Gasteiger partial charge >= 0.3 is 6.03 Å². The highest BCUT2D eigenvalue weighted by molar-refractivity contribution is 6.34. The van der Waals surface area contributed by atoms with Crippen LogP contribution in [-0.2, 0) is 0 Å². The van der Waals surface area contributed by atoms with Gasteiger partial charge in [0, 0.05) is 24.3 Å². The zero-order chi connectivity index (χ0) is 16.8. The van der Waals surface area contributed by atoms with Gasteiger partial charge in [0.2, 0.25) is 0 Å². The number of carbonyl (C=O) groups excluding carboxylic acids is 2. The Morgan fingerprint density at radius 1 is 1.17 bits per heavy atom. The molecule has 0 aliphatic carbocycles. The predicted octanol–water partition coefficient (Wildman–Crippen LogP) is 2.63. The summed E-state index contributed by atoms with van der Waals surface area (Å²) in [4.78, 5) is 23.9. The van der Waals surface area contributed by atoms with Crippen LogP contribution in [0, 0.1) is 0 Å². The zero-order valence-electron chi connectivity index (χ0n) is 13.7. The zero-order valence-corrected chi connectivity index (χ0v) is 15.3. The summed E-state index contributed by atoms with van der Waals surface area (Å²) in [7, 11) is 1.80. The first-order valence-electron chi connectivity index (χ1n) is 7.04. The molecule has 23 heavy (non-hydrogen) atoms. The number of urea groups is 1. The third-order valence-corrected chi connectivity index (χ3v) is 2.95. The number of nitrogens with one attached hydrogen (secondary N) is 4. The third kappa shape index (κ3) is 8.06. The average molecular weight is 363 g/mol. The molecule has 0 saturated carbocycles. The molecule has 8 heteroatoms. The fraction of sp³-hybridized carbons (Fsp3) is 0.467. The van der Waals surface area contributed by atoms with Crippen molar-refractivity contribution in [3.05, 3.63) is 28.8 Å². The standard InChI is InChI=1S/C15H23ClN4O2.ClH/c1-15(2,3)20-14(22)19-10-5-6-12(16)11(9-10)13(21)18-8-7-17-4;/h5-6,9,17H,7-8H2,1-4H3,(H,18,21)(H2,19,20,22);1H. The molecule has 0 aliphatic heterocycles. The van der Waals surface area contributed by atoms with Crippen molar-refractivity contribution in [1.29, 1.82) is 0 Å². The van der Waals surface area contributed by atoms with E-state index in [9.17, 15) is 9.59 Å². The molecule has 4 N–H and O–H groups in total. The molecule has 3 amide bonds. The van der Waals surface area contributed by atoms with Crippen LogP contribution in [0.2, 0.25) is 5.02 Å². The molecule has 0 saturated heterocycles. The number of benzene rings is 1. The van der Waals surface area contributed by atoms with E-state index in [1.165, 1.54) is 0 Å². The van der Waals surface area contributed by atoms with E-state index in [1.807, 2.05) is 20.8 Å². The van der Waals surface area contributed by atoms with E-state index < -0.39 is 0 Å². The fourth-order valence-electron chi connectivity index (χ4n) is 1.68. The van der Waals surface area contributed by atoms with Crippen molar-refractivity contribution in [2.75, 3.05) is 25.5 Å². The van der Waals surface area contributed by atoms with Crippen molar-refractivity contribution in [3.63, 3.8) is 0 Å². The van der Waals surface area contributed by atoms with Gasteiger partial charge in [0.15, 0.2) is 0 Å². The minimum Gasteiger partial charge on any atom is -0.351 e. The average Bonchev–Trinajstić information content (AvgIpc) is 2.39. The number of hydrogen-bond acceptors (Lipinski definition) is 3. The summed E-state index contributed by atoms with van der Waals surface area (Å²) in [6.07, 6.45) is 0. The summed E-state index contributed by atoms with van der Waals surface area (Å²) in [5.74, 6) is -0.278. The first-order valence-corrected chi connectivity index (χ1v) is 7.42. The molecule has 0 bridgehead atoms. The fourth-order valence-corrected chi connectivity index (χ4v) is 1.88. The Balaban J connectivity index is 0.00000484. The normalized spacial score (nSPS) is 10.5. The summed E-state index contributed by atoms with van der Waals surface area (Å²) in [5.41, 5.74) is 0.486. The smallest absolute Gasteiger partial charge is 0.319 e. The van der Waals surface area contributed by atoms with E-state index in [2.05, 4.69) is 21.3 Å². The lowest BCUT2D eigenvalue weighted by Gasteiger charge is -2.21. The molecule has 1 aromatic rings. The van der Waals surface area contributed by atoms with Crippen LogP contribution in [0.4, 0.5) is 10.5 Å². The van der Waals surface area contributed by atoms with Gasteiger partial charge in [-0.2, -0.15) is 0 Å². The Hall–Kier alpha value is -1.50. The van der Waals surface area contributed by atoms with Gasteiger partial charge in [0.05, 0.1) is 10.6 Å². The van der Waals surface area contributed by atoms with Crippen LogP contribution in [-0.4, -0.2) is 37.6 Å². The van der Waals surface area contributed by atoms with Crippen molar-refractivity contribution >= 4 is 41.6 Å². The first-order chi connectivity index (χ1) is 10.2. The van der Waals surface area contributed by atoms with E-state index in [4.69, 9.17) is 11.6 Å². The second kappa shape index (κ2) is 9.60. The highest BCUT2D eigenvalue weighted by Gasteiger charge is 2.15. The number of anilines is 1. The molecule has 1 aromatic carbocycles. The quantitative estimate of drug-likeness (QED) is 0.607. The molecule has 0 spiro atoms. The van der Waals surface area contributed by atoms with Crippen LogP contribution in [0.15, 0.2) is 18.2 Å². The first kappa shape index (κ1) is 21.5. The lowest BCUT2D eigenvalue weighted by atomic mass is 10.1. The third-order valence-electron chi connectivity index (χ3n) is 2.62. The van der Waals surface area contributed by atoms with E-state index >= 15 is 0 Å². The van der Waals surface area contributed by atoms with Gasteiger partial charge in [-0.1, -0.05) is 11.6 Å². The maximum Gasteiger partial charge on any atom is 0.319 e. The van der Waals surface area contributed by atoms with Crippen molar-refractivity contribution in [1.82, 2.24) is 16.0 Å². The van der Waals surface area contributed by atoms with Crippen molar-refractivity contribution in [3.8, 4) is 0 Å². The van der Waals surface area contributed by atoms with Crippen molar-refractivity contribution in [2.45, 2.75) is 26.3 Å². The minimum absolute atomic E-state index is 0. The molecule has 0 radical (unpaired) electrons. The number of carbonyl (C=O) groups is 2. The molecule has 0 heterocycles. The summed E-state index contributed by atoms with van der Waals surface area (Å²) in [6.45, 7) is 6.81. The van der Waals surface area contributed by atoms with Crippen LogP contribution >= 0.6 is 24.0 Å². The number of hydrogen-bond donors (Lipinski definition) is 4. The van der Waals surface area contributed by atoms with E-state index in [-0.39, 0.29) is 29.9 Å². The van der Waals surface area contributed by atoms with Gasteiger partial charge in [0.1, 0.15) is 0 Å². The molecule has 0 aromatic heterocycles. The minimum atomic E-state index is -0.343. The summed E-state index contributed by atoms with van der Waals surface area (Å²) in [5, 5.41) is 11.5. The second-order valence-electron chi connectivity index (χ2n) is 5.88. The number of likely N-dealkylation sites (N-methyl/N-ethyl adjacent to an activating group) is 1. The van der Waals surface area contributed by atoms with Gasteiger partial charge in [-0.15, -0.1) is 12.4 Å². The summed E-state index contributed by atoms with van der Waals surface area (Å²) >= 11 is 6.04. The Kier molecular flexibility index (Phi) is 8.97. The molecule has 0 aliphatic rings. The highest BCUT2D eigenvalue weighted by Crippen LogP contribution is 2.20. The molecule has 1 rings (SSSR count). The molecule has 0 unspecified atom stereocenters. The largest absolute Gasteiger partial charge is 0.351 e. The SMILES string of the molecule is CNCCNC(=O)c1cc(NC(=O)NC(C)(C)C)ccc1Cl.Cl. The molecule has 0 atom stereocenters. The van der Waals surface area contributed by atoms with Crippen molar-refractivity contribution in [2.24, 2.45) is 0 Å². The van der Waals surface area contributed by atoms with Gasteiger partial charge in [0.25, 0.3) is 5.91 Å². The van der Waals surface area contributed by atoms with Gasteiger partial charge in [-0.05, 0) is 46.0 Å². The number of halogens is 2. The molecular formula is C15H24Cl2N4O2. The summed E-state index contributed by atoms with van der Waals surface area (Å²) in [6, 6.07) is 4.45. The van der Waals surface area contributed by atoms with Crippen LogP contribution < -0.4 is 21.3 Å². The van der Waals surface area contributed by atoms with E-state index in [0.29, 0.717) is 29.4 Å². The Bertz CT molecular complexity index is 545. The molecule has 0 fully saturated rings. The van der Waals surface area contributed by atoms with Crippen LogP contribution in [0.25, 0.3) is 0 Å². The highest BCUT2D eigenvalue weighted by atomic mass is 35.5. The Morgan fingerprint density at radius 2 is 1.83 bits per heavy atom. The Morgan fingerprint density at radius 3 is 2.39 bits per heavy atom. The topological polar surface area (TPSA) is 82.3 Å². The van der Waals surface area contributed by atoms with Crippen molar-refractivity contribution < 1.29 is 9.59 Å². The van der Waals surface area contributed by atoms with Gasteiger partial charge < -0.3 is 21.3 Å². The Labute approximate surface area is 148 Å². The van der Waals surface area contributed by atoms with Crippen LogP contribution in [0.1, 0.15) is 31.1 Å². The number of amides is 3. The predicted molar refractivity (Wildman–Crippen MR) is 96.9 cm³/mol. The lowest BCUT2D eigenvalue weighted by Crippen LogP contribution is -2.43.